The largest absolute Gasteiger partial charge is 0.339 e. The minimum Gasteiger partial charge on any atom is -0.339 e. The molecule has 0 amide bonds. The molecule has 2 heterocycles. The van der Waals surface area contributed by atoms with Crippen molar-refractivity contribution >= 4 is 50.6 Å². The van der Waals surface area contributed by atoms with Gasteiger partial charge in [0.2, 0.25) is 5.95 Å². The van der Waals surface area contributed by atoms with Crippen LogP contribution < -0.4 is 16.6 Å². The zero-order valence-electron chi connectivity index (χ0n) is 10.0. The molecule has 0 fully saturated rings. The van der Waals surface area contributed by atoms with E-state index < -0.39 is 5.82 Å². The summed E-state index contributed by atoms with van der Waals surface area (Å²) in [7, 11) is 0. The molecule has 0 saturated heterocycles. The molecule has 0 saturated carbocycles. The van der Waals surface area contributed by atoms with Crippen molar-refractivity contribution in [2.45, 2.75) is 0 Å². The highest BCUT2D eigenvalue weighted by Gasteiger charge is 2.09. The van der Waals surface area contributed by atoms with Gasteiger partial charge in [-0.05, 0) is 29.6 Å². The number of aromatic nitrogens is 2. The van der Waals surface area contributed by atoms with Crippen LogP contribution in [0.2, 0.25) is 5.02 Å². The molecule has 3 rings (SSSR count). The molecule has 0 unspecified atom stereocenters. The minimum absolute atomic E-state index is 0.0443. The van der Waals surface area contributed by atoms with E-state index in [0.717, 1.165) is 10.2 Å². The first kappa shape index (κ1) is 13.0. The summed E-state index contributed by atoms with van der Waals surface area (Å²) in [5.74, 6) is 5.76. The van der Waals surface area contributed by atoms with Crippen LogP contribution in [0.1, 0.15) is 0 Å². The van der Waals surface area contributed by atoms with Crippen LogP contribution in [-0.2, 0) is 0 Å². The second-order valence-corrected chi connectivity index (χ2v) is 5.24. The highest BCUT2D eigenvalue weighted by atomic mass is 35.5. The van der Waals surface area contributed by atoms with Crippen LogP contribution in [0.4, 0.5) is 21.8 Å². The summed E-state index contributed by atoms with van der Waals surface area (Å²) in [5, 5.41) is 5.89. The molecule has 102 valence electrons. The smallest absolute Gasteiger partial charge is 0.240 e. The highest BCUT2D eigenvalue weighted by Crippen LogP contribution is 2.29. The first-order valence-electron chi connectivity index (χ1n) is 5.61. The summed E-state index contributed by atoms with van der Waals surface area (Å²) in [6, 6.07) is 6.26. The van der Waals surface area contributed by atoms with Gasteiger partial charge < -0.3 is 5.32 Å². The van der Waals surface area contributed by atoms with Crippen molar-refractivity contribution in [3.05, 3.63) is 40.5 Å². The number of nitrogen functional groups attached to an aromatic ring is 1. The zero-order valence-corrected chi connectivity index (χ0v) is 11.6. The summed E-state index contributed by atoms with van der Waals surface area (Å²) in [5.41, 5.74) is 3.04. The first-order valence-corrected chi connectivity index (χ1v) is 6.87. The molecule has 3 aromatic rings. The number of nitrogens with two attached hydrogens (primary N) is 1. The van der Waals surface area contributed by atoms with Crippen molar-refractivity contribution in [3.63, 3.8) is 0 Å². The van der Waals surface area contributed by atoms with Crippen molar-refractivity contribution in [2.75, 3.05) is 10.7 Å². The lowest BCUT2D eigenvalue weighted by atomic mass is 10.3. The molecule has 4 N–H and O–H groups in total. The van der Waals surface area contributed by atoms with E-state index in [2.05, 4.69) is 20.7 Å². The normalized spacial score (nSPS) is 10.8. The number of hydrogen-bond donors (Lipinski definition) is 3. The molecule has 0 radical (unpaired) electrons. The van der Waals surface area contributed by atoms with E-state index >= 15 is 0 Å². The fourth-order valence-corrected chi connectivity index (χ4v) is 2.67. The average molecular weight is 310 g/mol. The quantitative estimate of drug-likeness (QED) is 0.510. The monoisotopic (exact) mass is 309 g/mol. The van der Waals surface area contributed by atoms with Crippen LogP contribution >= 0.6 is 22.9 Å². The zero-order chi connectivity index (χ0) is 14.1. The third-order valence-electron chi connectivity index (χ3n) is 2.64. The summed E-state index contributed by atoms with van der Waals surface area (Å²) in [6.07, 6.45) is 0. The standard InChI is InChI=1S/C12H9ClFN5S/c13-8-5-6(1-2-9(8)14)16-10-7-3-4-20-11(7)18-12(17-10)19-15/h1-5H,15H2,(H2,16,17,18,19). The lowest BCUT2D eigenvalue weighted by Crippen LogP contribution is -2.11. The van der Waals surface area contributed by atoms with Gasteiger partial charge in [0, 0.05) is 5.69 Å². The number of rotatable bonds is 3. The van der Waals surface area contributed by atoms with Gasteiger partial charge in [-0.2, -0.15) is 4.98 Å². The van der Waals surface area contributed by atoms with E-state index in [-0.39, 0.29) is 5.02 Å². The summed E-state index contributed by atoms with van der Waals surface area (Å²) in [6.45, 7) is 0. The molecule has 0 aliphatic rings. The molecule has 0 aliphatic heterocycles. The Bertz CT molecular complexity index is 776. The third-order valence-corrected chi connectivity index (χ3v) is 3.73. The van der Waals surface area contributed by atoms with E-state index in [1.807, 2.05) is 11.4 Å². The molecule has 2 aromatic heterocycles. The Morgan fingerprint density at radius 1 is 1.25 bits per heavy atom. The van der Waals surface area contributed by atoms with Crippen molar-refractivity contribution in [2.24, 2.45) is 5.84 Å². The molecule has 0 aliphatic carbocycles. The Labute approximate surface area is 122 Å². The number of hydrogen-bond acceptors (Lipinski definition) is 6. The molecule has 8 heteroatoms. The van der Waals surface area contributed by atoms with Gasteiger partial charge >= 0.3 is 0 Å². The molecule has 1 aromatic carbocycles. The number of thiophene rings is 1. The second-order valence-electron chi connectivity index (χ2n) is 3.93. The van der Waals surface area contributed by atoms with Crippen molar-refractivity contribution in [1.82, 2.24) is 9.97 Å². The maximum absolute atomic E-state index is 13.1. The Morgan fingerprint density at radius 2 is 2.10 bits per heavy atom. The van der Waals surface area contributed by atoms with Crippen molar-refractivity contribution in [1.29, 1.82) is 0 Å². The van der Waals surface area contributed by atoms with Gasteiger partial charge in [-0.3, -0.25) is 5.43 Å². The topological polar surface area (TPSA) is 75.9 Å². The Kier molecular flexibility index (Phi) is 3.39. The highest BCUT2D eigenvalue weighted by molar-refractivity contribution is 7.16. The van der Waals surface area contributed by atoms with E-state index in [1.54, 1.807) is 6.07 Å². The van der Waals surface area contributed by atoms with Gasteiger partial charge in [-0.15, -0.1) is 11.3 Å². The minimum atomic E-state index is -0.468. The Hall–Kier alpha value is -1.96. The van der Waals surface area contributed by atoms with Gasteiger partial charge in [0.1, 0.15) is 16.5 Å². The summed E-state index contributed by atoms with van der Waals surface area (Å²) >= 11 is 7.23. The number of fused-ring (bicyclic) bond motifs is 1. The Balaban J connectivity index is 2.04. The maximum atomic E-state index is 13.1. The van der Waals surface area contributed by atoms with Gasteiger partial charge in [-0.1, -0.05) is 11.6 Å². The average Bonchev–Trinajstić information content (AvgIpc) is 2.91. The van der Waals surface area contributed by atoms with E-state index in [9.17, 15) is 4.39 Å². The van der Waals surface area contributed by atoms with Crippen LogP contribution in [0.3, 0.4) is 0 Å². The summed E-state index contributed by atoms with van der Waals surface area (Å²) < 4.78 is 13.1. The Morgan fingerprint density at radius 3 is 2.85 bits per heavy atom. The first-order chi connectivity index (χ1) is 9.67. The second kappa shape index (κ2) is 5.20. The van der Waals surface area contributed by atoms with Crippen LogP contribution in [0, 0.1) is 5.82 Å². The summed E-state index contributed by atoms with van der Waals surface area (Å²) in [4.78, 5) is 9.28. The molecule has 0 atom stereocenters. The predicted octanol–water partition coefficient (Wildman–Crippen LogP) is 3.51. The number of nitrogens with one attached hydrogen (secondary N) is 2. The molecular weight excluding hydrogens is 301 g/mol. The fourth-order valence-electron chi connectivity index (χ4n) is 1.73. The van der Waals surface area contributed by atoms with Gasteiger partial charge in [0.25, 0.3) is 0 Å². The van der Waals surface area contributed by atoms with Gasteiger partial charge in [-0.25, -0.2) is 15.2 Å². The van der Waals surface area contributed by atoms with Crippen molar-refractivity contribution < 1.29 is 4.39 Å². The SMILES string of the molecule is NNc1nc(Nc2ccc(F)c(Cl)c2)c2ccsc2n1. The van der Waals surface area contributed by atoms with Crippen LogP contribution in [0.15, 0.2) is 29.6 Å². The van der Waals surface area contributed by atoms with E-state index in [0.29, 0.717) is 17.5 Å². The van der Waals surface area contributed by atoms with Crippen LogP contribution in [-0.4, -0.2) is 9.97 Å². The van der Waals surface area contributed by atoms with E-state index in [1.165, 1.54) is 23.5 Å². The number of halogens is 2. The number of anilines is 3. The maximum Gasteiger partial charge on any atom is 0.240 e. The van der Waals surface area contributed by atoms with Gasteiger partial charge in [0.15, 0.2) is 0 Å². The lowest BCUT2D eigenvalue weighted by Gasteiger charge is -2.09. The molecule has 20 heavy (non-hydrogen) atoms. The molecule has 5 nitrogen and oxygen atoms in total. The predicted molar refractivity (Wildman–Crippen MR) is 79.9 cm³/mol. The third kappa shape index (κ3) is 2.38. The number of hydrazine groups is 1. The molecule has 0 spiro atoms. The number of nitrogens with zero attached hydrogens (tertiary/aromatic N) is 2. The van der Waals surface area contributed by atoms with Crippen LogP contribution in [0.25, 0.3) is 10.2 Å². The molecular formula is C12H9ClFN5S. The van der Waals surface area contributed by atoms with Gasteiger partial charge in [0.05, 0.1) is 10.4 Å². The van der Waals surface area contributed by atoms with E-state index in [4.69, 9.17) is 17.4 Å². The van der Waals surface area contributed by atoms with Crippen molar-refractivity contribution in [3.8, 4) is 0 Å². The lowest BCUT2D eigenvalue weighted by molar-refractivity contribution is 0.628. The number of benzene rings is 1. The molecule has 0 bridgehead atoms. The fraction of sp³-hybridized carbons (Fsp3) is 0. The van der Waals surface area contributed by atoms with Crippen LogP contribution in [0.5, 0.6) is 0 Å².